The van der Waals surface area contributed by atoms with Gasteiger partial charge in [-0.3, -0.25) is 4.79 Å². The van der Waals surface area contributed by atoms with Gasteiger partial charge in [0.1, 0.15) is 0 Å². The molecule has 2 aliphatic carbocycles. The first-order chi connectivity index (χ1) is 13.7. The summed E-state index contributed by atoms with van der Waals surface area (Å²) in [5, 5.41) is 3.20. The Labute approximate surface area is 172 Å². The third-order valence-electron chi connectivity index (χ3n) is 7.29. The number of benzene rings is 1. The summed E-state index contributed by atoms with van der Waals surface area (Å²) in [6.07, 6.45) is 6.41. The van der Waals surface area contributed by atoms with E-state index in [4.69, 9.17) is 9.47 Å². The van der Waals surface area contributed by atoms with Crippen LogP contribution in [0.25, 0.3) is 6.08 Å². The zero-order valence-corrected chi connectivity index (χ0v) is 17.9. The van der Waals surface area contributed by atoms with Crippen molar-refractivity contribution >= 4 is 18.0 Å². The third-order valence-corrected chi connectivity index (χ3v) is 7.29. The highest BCUT2D eigenvalue weighted by atomic mass is 16.5. The molecule has 0 aliphatic heterocycles. The lowest BCUT2D eigenvalue weighted by molar-refractivity contribution is -0.134. The van der Waals surface area contributed by atoms with Crippen molar-refractivity contribution in [1.29, 1.82) is 0 Å². The number of nitrogens with one attached hydrogen (secondary N) is 1. The number of carbonyl (C=O) groups is 2. The molecule has 3 atom stereocenters. The molecule has 1 aromatic carbocycles. The van der Waals surface area contributed by atoms with Gasteiger partial charge in [0.25, 0.3) is 5.91 Å². The second-order valence-corrected chi connectivity index (χ2v) is 8.79. The maximum Gasteiger partial charge on any atom is 0.330 e. The van der Waals surface area contributed by atoms with Gasteiger partial charge in [0.05, 0.1) is 14.2 Å². The summed E-state index contributed by atoms with van der Waals surface area (Å²) < 4.78 is 15.7. The van der Waals surface area contributed by atoms with Crippen LogP contribution in [0.3, 0.4) is 0 Å². The summed E-state index contributed by atoms with van der Waals surface area (Å²) in [6, 6.07) is 5.45. The van der Waals surface area contributed by atoms with Crippen molar-refractivity contribution in [1.82, 2.24) is 5.32 Å². The van der Waals surface area contributed by atoms with E-state index in [1.165, 1.54) is 26.7 Å². The van der Waals surface area contributed by atoms with E-state index in [0.717, 1.165) is 18.4 Å². The largest absolute Gasteiger partial charge is 0.493 e. The number of hydrogen-bond donors (Lipinski definition) is 1. The van der Waals surface area contributed by atoms with Gasteiger partial charge in [0, 0.05) is 12.1 Å². The van der Waals surface area contributed by atoms with Gasteiger partial charge in [-0.2, -0.15) is 0 Å². The Morgan fingerprint density at radius 3 is 2.55 bits per heavy atom. The van der Waals surface area contributed by atoms with Gasteiger partial charge in [-0.1, -0.05) is 26.8 Å². The monoisotopic (exact) mass is 401 g/mol. The van der Waals surface area contributed by atoms with E-state index < -0.39 is 5.97 Å². The first-order valence-electron chi connectivity index (χ1n) is 10.1. The molecular weight excluding hydrogens is 370 g/mol. The highest BCUT2D eigenvalue weighted by Gasteiger charge is 2.61. The van der Waals surface area contributed by atoms with Crippen molar-refractivity contribution in [2.45, 2.75) is 46.1 Å². The summed E-state index contributed by atoms with van der Waals surface area (Å²) in [4.78, 5) is 23.8. The lowest BCUT2D eigenvalue weighted by Crippen LogP contribution is -2.48. The number of rotatable bonds is 7. The standard InChI is InChI=1S/C23H31NO5/c1-22(2)16-10-11-23(22,3)19(13-16)24-20(25)14-29-17-8-6-15(12-18(17)27-4)7-9-21(26)28-5/h6-9,12,16,19H,10-11,13-14H2,1-5H3,(H,24,25)/b9-7+/t16-,19+,23-/m1/s1. The normalized spacial score (nSPS) is 27.1. The van der Waals surface area contributed by atoms with Crippen LogP contribution in [-0.2, 0) is 14.3 Å². The van der Waals surface area contributed by atoms with Crippen LogP contribution in [0, 0.1) is 16.7 Å². The molecule has 0 aromatic heterocycles. The Hall–Kier alpha value is -2.50. The zero-order valence-electron chi connectivity index (χ0n) is 17.9. The third kappa shape index (κ3) is 3.98. The maximum absolute atomic E-state index is 12.5. The molecule has 0 saturated heterocycles. The molecule has 2 bridgehead atoms. The van der Waals surface area contributed by atoms with E-state index in [9.17, 15) is 9.59 Å². The average molecular weight is 402 g/mol. The quantitative estimate of drug-likeness (QED) is 0.558. The number of carbonyl (C=O) groups excluding carboxylic acids is 2. The lowest BCUT2D eigenvalue weighted by Gasteiger charge is -2.39. The highest BCUT2D eigenvalue weighted by Crippen LogP contribution is 2.65. The second kappa shape index (κ2) is 8.09. The van der Waals surface area contributed by atoms with Gasteiger partial charge in [0.15, 0.2) is 18.1 Å². The molecule has 0 heterocycles. The van der Waals surface area contributed by atoms with Crippen LogP contribution in [0.1, 0.15) is 45.6 Å². The number of hydrogen-bond acceptors (Lipinski definition) is 5. The predicted octanol–water partition coefficient (Wildman–Crippen LogP) is 3.59. The summed E-state index contributed by atoms with van der Waals surface area (Å²) in [5.74, 6) is 1.11. The van der Waals surface area contributed by atoms with Crippen LogP contribution in [0.15, 0.2) is 24.3 Å². The fourth-order valence-corrected chi connectivity index (χ4v) is 4.94. The Morgan fingerprint density at radius 2 is 1.97 bits per heavy atom. The van der Waals surface area contributed by atoms with E-state index in [1.54, 1.807) is 24.3 Å². The van der Waals surface area contributed by atoms with Crippen LogP contribution in [0.2, 0.25) is 0 Å². The molecule has 3 rings (SSSR count). The molecule has 6 heteroatoms. The van der Waals surface area contributed by atoms with Crippen LogP contribution < -0.4 is 14.8 Å². The van der Waals surface area contributed by atoms with E-state index >= 15 is 0 Å². The van der Waals surface area contributed by atoms with Gasteiger partial charge >= 0.3 is 5.97 Å². The number of esters is 1. The van der Waals surface area contributed by atoms with Crippen LogP contribution in [0.4, 0.5) is 0 Å². The molecule has 0 radical (unpaired) electrons. The zero-order chi connectivity index (χ0) is 21.2. The topological polar surface area (TPSA) is 73.9 Å². The molecule has 1 amide bonds. The van der Waals surface area contributed by atoms with Crippen molar-refractivity contribution in [3.8, 4) is 11.5 Å². The van der Waals surface area contributed by atoms with Crippen molar-refractivity contribution in [3.63, 3.8) is 0 Å². The van der Waals surface area contributed by atoms with Crippen LogP contribution >= 0.6 is 0 Å². The first-order valence-corrected chi connectivity index (χ1v) is 10.1. The van der Waals surface area contributed by atoms with E-state index in [0.29, 0.717) is 17.4 Å². The number of amides is 1. The lowest BCUT2D eigenvalue weighted by atomic mass is 9.69. The number of methoxy groups -OCH3 is 2. The number of ether oxygens (including phenoxy) is 3. The molecule has 0 unspecified atom stereocenters. The minimum absolute atomic E-state index is 0.0641. The van der Waals surface area contributed by atoms with Crippen molar-refractivity contribution in [2.75, 3.05) is 20.8 Å². The molecule has 2 fully saturated rings. The molecular formula is C23H31NO5. The molecule has 2 saturated carbocycles. The van der Waals surface area contributed by atoms with Crippen LogP contribution in [0.5, 0.6) is 11.5 Å². The Kier molecular flexibility index (Phi) is 5.92. The summed E-state index contributed by atoms with van der Waals surface area (Å²) in [5.41, 5.74) is 1.16. The number of fused-ring (bicyclic) bond motifs is 2. The molecule has 158 valence electrons. The van der Waals surface area contributed by atoms with Crippen molar-refractivity contribution in [2.24, 2.45) is 16.7 Å². The average Bonchev–Trinajstić information content (AvgIpc) is 3.04. The second-order valence-electron chi connectivity index (χ2n) is 8.79. The van der Waals surface area contributed by atoms with Gasteiger partial charge in [-0.05, 0) is 59.8 Å². The van der Waals surface area contributed by atoms with Gasteiger partial charge in [-0.15, -0.1) is 0 Å². The fraction of sp³-hybridized carbons (Fsp3) is 0.565. The Morgan fingerprint density at radius 1 is 1.21 bits per heavy atom. The summed E-state index contributed by atoms with van der Waals surface area (Å²) in [6.45, 7) is 6.89. The van der Waals surface area contributed by atoms with Crippen LogP contribution in [-0.4, -0.2) is 38.7 Å². The highest BCUT2D eigenvalue weighted by molar-refractivity contribution is 5.87. The smallest absolute Gasteiger partial charge is 0.330 e. The predicted molar refractivity (Wildman–Crippen MR) is 111 cm³/mol. The van der Waals surface area contributed by atoms with Gasteiger partial charge in [0.2, 0.25) is 0 Å². The Bertz CT molecular complexity index is 815. The van der Waals surface area contributed by atoms with E-state index in [1.807, 2.05) is 0 Å². The van der Waals surface area contributed by atoms with E-state index in [-0.39, 0.29) is 29.4 Å². The molecule has 2 aliphatic rings. The molecule has 1 aromatic rings. The minimum Gasteiger partial charge on any atom is -0.493 e. The maximum atomic E-state index is 12.5. The van der Waals surface area contributed by atoms with Crippen molar-refractivity contribution in [3.05, 3.63) is 29.8 Å². The Balaban J connectivity index is 1.59. The minimum atomic E-state index is -0.432. The fourth-order valence-electron chi connectivity index (χ4n) is 4.94. The summed E-state index contributed by atoms with van der Waals surface area (Å²) in [7, 11) is 2.86. The summed E-state index contributed by atoms with van der Waals surface area (Å²) >= 11 is 0. The molecule has 6 nitrogen and oxygen atoms in total. The van der Waals surface area contributed by atoms with Crippen molar-refractivity contribution < 1.29 is 23.8 Å². The molecule has 1 N–H and O–H groups in total. The molecule has 0 spiro atoms. The van der Waals surface area contributed by atoms with E-state index in [2.05, 4.69) is 30.8 Å². The SMILES string of the molecule is COC(=O)/C=C/c1ccc(OCC(=O)N[C@H]2C[C@H]3CC[C@@]2(C)C3(C)C)c(OC)c1. The molecule has 29 heavy (non-hydrogen) atoms. The first kappa shape index (κ1) is 21.2. The van der Waals surface area contributed by atoms with Gasteiger partial charge in [-0.25, -0.2) is 4.79 Å². The van der Waals surface area contributed by atoms with Gasteiger partial charge < -0.3 is 19.5 Å².